The standard InChI is InChI=1S/C6H3BrF3NO/c7-3-1-2-4(11-5(3)8)12-6(9)10/h1-2,6H. The molecule has 0 aliphatic heterocycles. The van der Waals surface area contributed by atoms with Gasteiger partial charge in [-0.05, 0) is 22.0 Å². The molecule has 0 saturated heterocycles. The predicted octanol–water partition coefficient (Wildman–Crippen LogP) is 2.58. The Morgan fingerprint density at radius 3 is 2.58 bits per heavy atom. The summed E-state index contributed by atoms with van der Waals surface area (Å²) in [7, 11) is 0. The molecule has 0 aliphatic carbocycles. The van der Waals surface area contributed by atoms with E-state index in [0.717, 1.165) is 6.07 Å². The summed E-state index contributed by atoms with van der Waals surface area (Å²) in [5.74, 6) is -1.32. The number of hydrogen-bond acceptors (Lipinski definition) is 2. The molecular weight excluding hydrogens is 239 g/mol. The maximum absolute atomic E-state index is 12.5. The average Bonchev–Trinajstić information content (AvgIpc) is 1.96. The number of hydrogen-bond donors (Lipinski definition) is 0. The second-order valence-electron chi connectivity index (χ2n) is 1.80. The van der Waals surface area contributed by atoms with E-state index in [2.05, 4.69) is 25.7 Å². The molecular formula is C6H3BrF3NO. The van der Waals surface area contributed by atoms with Crippen LogP contribution in [0.1, 0.15) is 0 Å². The van der Waals surface area contributed by atoms with E-state index in [-0.39, 0.29) is 4.47 Å². The van der Waals surface area contributed by atoms with Gasteiger partial charge >= 0.3 is 6.61 Å². The van der Waals surface area contributed by atoms with Gasteiger partial charge in [0.15, 0.2) is 0 Å². The van der Waals surface area contributed by atoms with Crippen LogP contribution < -0.4 is 4.74 Å². The minimum Gasteiger partial charge on any atom is -0.417 e. The lowest BCUT2D eigenvalue weighted by atomic mass is 10.5. The molecule has 1 rings (SSSR count). The Hall–Kier alpha value is -0.780. The molecule has 1 aromatic heterocycles. The van der Waals surface area contributed by atoms with Crippen molar-refractivity contribution in [2.75, 3.05) is 0 Å². The lowest BCUT2D eigenvalue weighted by molar-refractivity contribution is -0.0532. The third kappa shape index (κ3) is 2.37. The van der Waals surface area contributed by atoms with Crippen molar-refractivity contribution in [3.8, 4) is 5.88 Å². The van der Waals surface area contributed by atoms with E-state index in [4.69, 9.17) is 0 Å². The second-order valence-corrected chi connectivity index (χ2v) is 2.65. The van der Waals surface area contributed by atoms with Crippen LogP contribution in [-0.4, -0.2) is 11.6 Å². The first-order chi connectivity index (χ1) is 5.59. The van der Waals surface area contributed by atoms with Crippen LogP contribution >= 0.6 is 15.9 Å². The van der Waals surface area contributed by atoms with E-state index in [1.54, 1.807) is 0 Å². The molecule has 12 heavy (non-hydrogen) atoms. The maximum Gasteiger partial charge on any atom is 0.388 e. The lowest BCUT2D eigenvalue weighted by Gasteiger charge is -2.02. The molecule has 6 heteroatoms. The van der Waals surface area contributed by atoms with Crippen molar-refractivity contribution >= 4 is 15.9 Å². The van der Waals surface area contributed by atoms with Gasteiger partial charge < -0.3 is 4.74 Å². The zero-order chi connectivity index (χ0) is 9.14. The molecule has 0 radical (unpaired) electrons. The number of pyridine rings is 1. The van der Waals surface area contributed by atoms with Crippen LogP contribution in [0.15, 0.2) is 16.6 Å². The van der Waals surface area contributed by atoms with Crippen LogP contribution in [-0.2, 0) is 0 Å². The SMILES string of the molecule is Fc1nc(OC(F)F)ccc1Br. The monoisotopic (exact) mass is 241 g/mol. The van der Waals surface area contributed by atoms with Gasteiger partial charge in [0.2, 0.25) is 11.8 Å². The van der Waals surface area contributed by atoms with Crippen LogP contribution in [0.5, 0.6) is 5.88 Å². The Kier molecular flexibility index (Phi) is 2.91. The molecule has 0 amide bonds. The first kappa shape index (κ1) is 9.31. The molecule has 0 fully saturated rings. The van der Waals surface area contributed by atoms with E-state index in [1.807, 2.05) is 0 Å². The molecule has 66 valence electrons. The van der Waals surface area contributed by atoms with Gasteiger partial charge in [0, 0.05) is 6.07 Å². The van der Waals surface area contributed by atoms with Gasteiger partial charge in [-0.3, -0.25) is 0 Å². The van der Waals surface area contributed by atoms with E-state index in [0.29, 0.717) is 0 Å². The highest BCUT2D eigenvalue weighted by atomic mass is 79.9. The van der Waals surface area contributed by atoms with Gasteiger partial charge in [-0.15, -0.1) is 0 Å². The van der Waals surface area contributed by atoms with Crippen molar-refractivity contribution in [2.45, 2.75) is 6.61 Å². The lowest BCUT2D eigenvalue weighted by Crippen LogP contribution is -2.04. The number of halogens is 4. The number of alkyl halides is 2. The Balaban J connectivity index is 2.82. The first-order valence-electron chi connectivity index (χ1n) is 2.86. The molecule has 0 atom stereocenters. The summed E-state index contributed by atoms with van der Waals surface area (Å²) in [4.78, 5) is 3.10. The van der Waals surface area contributed by atoms with Gasteiger partial charge in [0.05, 0.1) is 4.47 Å². The Morgan fingerprint density at radius 2 is 2.08 bits per heavy atom. The van der Waals surface area contributed by atoms with Gasteiger partial charge in [-0.2, -0.15) is 18.2 Å². The number of ether oxygens (including phenoxy) is 1. The third-order valence-electron chi connectivity index (χ3n) is 0.987. The predicted molar refractivity (Wildman–Crippen MR) is 38.5 cm³/mol. The van der Waals surface area contributed by atoms with E-state index >= 15 is 0 Å². The fourth-order valence-corrected chi connectivity index (χ4v) is 0.778. The van der Waals surface area contributed by atoms with Crippen molar-refractivity contribution in [3.63, 3.8) is 0 Å². The highest BCUT2D eigenvalue weighted by molar-refractivity contribution is 9.10. The normalized spacial score (nSPS) is 10.4. The van der Waals surface area contributed by atoms with Crippen molar-refractivity contribution in [1.29, 1.82) is 0 Å². The number of aromatic nitrogens is 1. The van der Waals surface area contributed by atoms with E-state index < -0.39 is 18.4 Å². The van der Waals surface area contributed by atoms with Crippen molar-refractivity contribution in [1.82, 2.24) is 4.98 Å². The molecule has 0 spiro atoms. The fourth-order valence-electron chi connectivity index (χ4n) is 0.558. The number of nitrogens with zero attached hydrogens (tertiary/aromatic N) is 1. The molecule has 0 aliphatic rings. The van der Waals surface area contributed by atoms with E-state index in [1.165, 1.54) is 6.07 Å². The molecule has 0 N–H and O–H groups in total. The summed E-state index contributed by atoms with van der Waals surface area (Å²) in [5, 5.41) is 0. The second kappa shape index (κ2) is 3.75. The molecule has 0 bridgehead atoms. The van der Waals surface area contributed by atoms with Crippen LogP contribution in [0.25, 0.3) is 0 Å². The fraction of sp³-hybridized carbons (Fsp3) is 0.167. The molecule has 2 nitrogen and oxygen atoms in total. The topological polar surface area (TPSA) is 22.1 Å². The third-order valence-corrected chi connectivity index (χ3v) is 1.58. The quantitative estimate of drug-likeness (QED) is 0.743. The molecule has 0 unspecified atom stereocenters. The summed E-state index contributed by atoms with van der Waals surface area (Å²) >= 11 is 2.82. The van der Waals surface area contributed by atoms with Crippen LogP contribution in [0, 0.1) is 5.95 Å². The largest absolute Gasteiger partial charge is 0.417 e. The van der Waals surface area contributed by atoms with E-state index in [9.17, 15) is 13.2 Å². The summed E-state index contributed by atoms with van der Waals surface area (Å²) < 4.78 is 39.6. The zero-order valence-electron chi connectivity index (χ0n) is 5.60. The Bertz CT molecular complexity index is 281. The maximum atomic E-state index is 12.5. The Morgan fingerprint density at radius 1 is 1.42 bits per heavy atom. The van der Waals surface area contributed by atoms with Crippen LogP contribution in [0.3, 0.4) is 0 Å². The highest BCUT2D eigenvalue weighted by Gasteiger charge is 2.07. The first-order valence-corrected chi connectivity index (χ1v) is 3.66. The zero-order valence-corrected chi connectivity index (χ0v) is 7.19. The summed E-state index contributed by atoms with van der Waals surface area (Å²) in [6.45, 7) is -2.99. The molecule has 1 heterocycles. The van der Waals surface area contributed by atoms with Crippen LogP contribution in [0.4, 0.5) is 13.2 Å². The van der Waals surface area contributed by atoms with Gasteiger partial charge in [-0.25, -0.2) is 0 Å². The van der Waals surface area contributed by atoms with Crippen molar-refractivity contribution < 1.29 is 17.9 Å². The van der Waals surface area contributed by atoms with Crippen LogP contribution in [0.2, 0.25) is 0 Å². The summed E-state index contributed by atoms with van der Waals surface area (Å²) in [6.07, 6.45) is 0. The van der Waals surface area contributed by atoms with Crippen molar-refractivity contribution in [2.24, 2.45) is 0 Å². The highest BCUT2D eigenvalue weighted by Crippen LogP contribution is 2.17. The molecule has 0 aromatic carbocycles. The number of rotatable bonds is 2. The van der Waals surface area contributed by atoms with Gasteiger partial charge in [0.1, 0.15) is 0 Å². The van der Waals surface area contributed by atoms with Gasteiger partial charge in [0.25, 0.3) is 0 Å². The van der Waals surface area contributed by atoms with Gasteiger partial charge in [-0.1, -0.05) is 0 Å². The minimum absolute atomic E-state index is 0.101. The van der Waals surface area contributed by atoms with Crippen molar-refractivity contribution in [3.05, 3.63) is 22.6 Å². The Labute approximate surface area is 74.5 Å². The average molecular weight is 242 g/mol. The molecule has 0 saturated carbocycles. The summed E-state index contributed by atoms with van der Waals surface area (Å²) in [6, 6.07) is 2.37. The summed E-state index contributed by atoms with van der Waals surface area (Å²) in [5.41, 5.74) is 0. The molecule has 1 aromatic rings. The minimum atomic E-state index is -2.99. The smallest absolute Gasteiger partial charge is 0.388 e.